The molecule has 4 nitrogen and oxygen atoms in total. The fraction of sp³-hybridized carbons (Fsp3) is 0.643. The molecule has 3 rings (SSSR count). The van der Waals surface area contributed by atoms with Gasteiger partial charge in [-0.05, 0) is 38.9 Å². The summed E-state index contributed by atoms with van der Waals surface area (Å²) in [6, 6.07) is 0.818. The Bertz CT molecular complexity index is 462. The van der Waals surface area contributed by atoms with E-state index in [9.17, 15) is 4.79 Å². The van der Waals surface area contributed by atoms with Crippen molar-refractivity contribution < 1.29 is 4.79 Å². The molecule has 3 heterocycles. The molecule has 2 aliphatic rings. The van der Waals surface area contributed by atoms with E-state index in [0.717, 1.165) is 31.4 Å². The zero-order valence-electron chi connectivity index (χ0n) is 11.4. The van der Waals surface area contributed by atoms with Gasteiger partial charge in [-0.3, -0.25) is 9.78 Å². The van der Waals surface area contributed by atoms with Crippen LogP contribution in [0.1, 0.15) is 41.9 Å². The summed E-state index contributed by atoms with van der Waals surface area (Å²) in [7, 11) is 0. The predicted molar refractivity (Wildman–Crippen MR) is 76.3 cm³/mol. The molecule has 19 heavy (non-hydrogen) atoms. The first kappa shape index (κ1) is 12.9. The van der Waals surface area contributed by atoms with Crippen molar-refractivity contribution in [3.8, 4) is 0 Å². The molecule has 0 aliphatic carbocycles. The average Bonchev–Trinajstić information content (AvgIpc) is 2.69. The molecule has 5 heteroatoms. The number of nitrogens with zero attached hydrogens (tertiary/aromatic N) is 3. The number of piperidine rings is 1. The first-order chi connectivity index (χ1) is 9.19. The minimum absolute atomic E-state index is 0.0690. The number of thioether (sulfide) groups is 1. The Morgan fingerprint density at radius 1 is 1.26 bits per heavy atom. The van der Waals surface area contributed by atoms with Crippen molar-refractivity contribution in [1.82, 2.24) is 14.9 Å². The van der Waals surface area contributed by atoms with Crippen LogP contribution in [0.4, 0.5) is 0 Å². The Hall–Kier alpha value is -1.10. The lowest BCUT2D eigenvalue weighted by atomic mass is 10.0. The molecule has 2 aliphatic heterocycles. The average molecular weight is 277 g/mol. The number of hydrogen-bond acceptors (Lipinski definition) is 4. The highest BCUT2D eigenvalue weighted by Crippen LogP contribution is 2.40. The first-order valence-electron chi connectivity index (χ1n) is 6.83. The van der Waals surface area contributed by atoms with Gasteiger partial charge in [-0.1, -0.05) is 0 Å². The van der Waals surface area contributed by atoms with Crippen molar-refractivity contribution in [1.29, 1.82) is 0 Å². The van der Waals surface area contributed by atoms with Gasteiger partial charge < -0.3 is 4.90 Å². The molecule has 2 fully saturated rings. The van der Waals surface area contributed by atoms with Crippen molar-refractivity contribution in [2.24, 2.45) is 0 Å². The van der Waals surface area contributed by atoms with E-state index in [1.807, 2.05) is 18.7 Å². The quantitative estimate of drug-likeness (QED) is 0.832. The third-order valence-corrected chi connectivity index (χ3v) is 5.31. The second-order valence-electron chi connectivity index (χ2n) is 5.47. The maximum Gasteiger partial charge on any atom is 0.274 e. The molecule has 0 spiro atoms. The standard InChI is InChI=1S/C14H19N3OS/c1-9-7-16-13(8-15-9)14(18)17-10-3-4-11(17)6-12(5-10)19-2/h7-8,10-12H,3-6H2,1-2H3/t10-,11+,12?. The number of hydrogen-bond donors (Lipinski definition) is 0. The summed E-state index contributed by atoms with van der Waals surface area (Å²) in [5.41, 5.74) is 1.34. The molecule has 1 amide bonds. The van der Waals surface area contributed by atoms with Crippen LogP contribution >= 0.6 is 11.8 Å². The third kappa shape index (κ3) is 2.36. The second-order valence-corrected chi connectivity index (χ2v) is 6.61. The van der Waals surface area contributed by atoms with Gasteiger partial charge in [0, 0.05) is 23.5 Å². The van der Waals surface area contributed by atoms with E-state index >= 15 is 0 Å². The molecule has 1 aromatic heterocycles. The van der Waals surface area contributed by atoms with Gasteiger partial charge in [0.25, 0.3) is 5.91 Å². The van der Waals surface area contributed by atoms with Crippen LogP contribution in [-0.2, 0) is 0 Å². The lowest BCUT2D eigenvalue weighted by Crippen LogP contribution is -2.47. The van der Waals surface area contributed by atoms with Gasteiger partial charge in [0.15, 0.2) is 0 Å². The van der Waals surface area contributed by atoms with Crippen LogP contribution in [0.2, 0.25) is 0 Å². The largest absolute Gasteiger partial charge is 0.331 e. The summed E-state index contributed by atoms with van der Waals surface area (Å²) in [6.07, 6.45) is 10.00. The molecule has 0 N–H and O–H groups in total. The van der Waals surface area contributed by atoms with E-state index in [-0.39, 0.29) is 5.91 Å². The van der Waals surface area contributed by atoms with Crippen molar-refractivity contribution in [3.63, 3.8) is 0 Å². The van der Waals surface area contributed by atoms with E-state index < -0.39 is 0 Å². The summed E-state index contributed by atoms with van der Waals surface area (Å²) >= 11 is 1.94. The van der Waals surface area contributed by atoms with E-state index in [4.69, 9.17) is 0 Å². The van der Waals surface area contributed by atoms with E-state index in [1.165, 1.54) is 0 Å². The Morgan fingerprint density at radius 2 is 1.95 bits per heavy atom. The summed E-state index contributed by atoms with van der Waals surface area (Å²) in [4.78, 5) is 23.1. The fourth-order valence-corrected chi connectivity index (χ4v) is 4.12. The van der Waals surface area contributed by atoms with Gasteiger partial charge in [-0.2, -0.15) is 11.8 Å². The number of carbonyl (C=O) groups excluding carboxylic acids is 1. The van der Waals surface area contributed by atoms with Crippen LogP contribution in [0.5, 0.6) is 0 Å². The Morgan fingerprint density at radius 3 is 2.47 bits per heavy atom. The van der Waals surface area contributed by atoms with Gasteiger partial charge in [0.05, 0.1) is 11.9 Å². The Balaban J connectivity index is 1.80. The van der Waals surface area contributed by atoms with Crippen molar-refractivity contribution >= 4 is 17.7 Å². The normalized spacial score (nSPS) is 29.6. The SMILES string of the molecule is CSC1C[C@H]2CC[C@@H](C1)N2C(=O)c1cnc(C)cn1. The Kier molecular flexibility index (Phi) is 3.48. The summed E-state index contributed by atoms with van der Waals surface area (Å²) in [5.74, 6) is 0.0690. The van der Waals surface area contributed by atoms with E-state index in [2.05, 4.69) is 21.1 Å². The molecule has 2 saturated heterocycles. The minimum atomic E-state index is 0.0690. The van der Waals surface area contributed by atoms with Crippen LogP contribution in [0.3, 0.4) is 0 Å². The molecule has 2 bridgehead atoms. The van der Waals surface area contributed by atoms with Crippen LogP contribution in [0.25, 0.3) is 0 Å². The molecule has 102 valence electrons. The van der Waals surface area contributed by atoms with Gasteiger partial charge in [-0.25, -0.2) is 4.98 Å². The molecule has 3 atom stereocenters. The van der Waals surface area contributed by atoms with Crippen LogP contribution < -0.4 is 0 Å². The van der Waals surface area contributed by atoms with Crippen molar-refractivity contribution in [2.75, 3.05) is 6.26 Å². The number of aromatic nitrogens is 2. The lowest BCUT2D eigenvalue weighted by molar-refractivity contribution is 0.0595. The maximum absolute atomic E-state index is 12.6. The number of amides is 1. The molecular weight excluding hydrogens is 258 g/mol. The molecule has 1 aromatic rings. The molecule has 0 aromatic carbocycles. The highest BCUT2D eigenvalue weighted by molar-refractivity contribution is 7.99. The van der Waals surface area contributed by atoms with Gasteiger partial charge in [-0.15, -0.1) is 0 Å². The van der Waals surface area contributed by atoms with Crippen LogP contribution in [-0.4, -0.2) is 44.4 Å². The third-order valence-electron chi connectivity index (χ3n) is 4.26. The second kappa shape index (κ2) is 5.12. The van der Waals surface area contributed by atoms with Crippen LogP contribution in [0, 0.1) is 6.92 Å². The van der Waals surface area contributed by atoms with E-state index in [0.29, 0.717) is 23.0 Å². The van der Waals surface area contributed by atoms with Crippen LogP contribution in [0.15, 0.2) is 12.4 Å². The molecule has 0 saturated carbocycles. The monoisotopic (exact) mass is 277 g/mol. The van der Waals surface area contributed by atoms with Gasteiger partial charge in [0.2, 0.25) is 0 Å². The smallest absolute Gasteiger partial charge is 0.274 e. The number of fused-ring (bicyclic) bond motifs is 2. The van der Waals surface area contributed by atoms with Gasteiger partial charge >= 0.3 is 0 Å². The number of rotatable bonds is 2. The first-order valence-corrected chi connectivity index (χ1v) is 8.12. The van der Waals surface area contributed by atoms with Crippen molar-refractivity contribution in [2.45, 2.75) is 49.9 Å². The number of aryl methyl sites for hydroxylation is 1. The summed E-state index contributed by atoms with van der Waals surface area (Å²) in [6.45, 7) is 1.88. The lowest BCUT2D eigenvalue weighted by Gasteiger charge is -2.38. The highest BCUT2D eigenvalue weighted by atomic mass is 32.2. The highest BCUT2D eigenvalue weighted by Gasteiger charge is 2.43. The maximum atomic E-state index is 12.6. The summed E-state index contributed by atoms with van der Waals surface area (Å²) in [5, 5.41) is 0.714. The predicted octanol–water partition coefficient (Wildman–Crippen LogP) is 2.28. The van der Waals surface area contributed by atoms with E-state index in [1.54, 1.807) is 12.4 Å². The van der Waals surface area contributed by atoms with Gasteiger partial charge in [0.1, 0.15) is 5.69 Å². The summed E-state index contributed by atoms with van der Waals surface area (Å²) < 4.78 is 0. The molecule has 1 unspecified atom stereocenters. The Labute approximate surface area is 118 Å². The van der Waals surface area contributed by atoms with Crippen molar-refractivity contribution in [3.05, 3.63) is 23.8 Å². The number of carbonyl (C=O) groups is 1. The fourth-order valence-electron chi connectivity index (χ4n) is 3.29. The zero-order chi connectivity index (χ0) is 13.4. The molecule has 0 radical (unpaired) electrons. The molecular formula is C14H19N3OS. The zero-order valence-corrected chi connectivity index (χ0v) is 12.2. The topological polar surface area (TPSA) is 46.1 Å². The minimum Gasteiger partial charge on any atom is -0.331 e.